The normalized spacial score (nSPS) is 11.2. The number of benzene rings is 2. The molecule has 0 bridgehead atoms. The molecule has 162 valence electrons. The van der Waals surface area contributed by atoms with Crippen molar-refractivity contribution in [1.29, 1.82) is 0 Å². The van der Waals surface area contributed by atoms with Gasteiger partial charge in [-0.05, 0) is 35.4 Å². The molecule has 0 fully saturated rings. The van der Waals surface area contributed by atoms with Gasteiger partial charge in [-0.3, -0.25) is 0 Å². The minimum atomic E-state index is -4.56. The summed E-state index contributed by atoms with van der Waals surface area (Å²) in [6.45, 7) is -1.31. The number of phenolic OH excluding ortho intramolecular Hbond substituents is 1. The molecule has 0 amide bonds. The molecule has 2 aromatic carbocycles. The first-order chi connectivity index (χ1) is 14.7. The maximum Gasteiger partial charge on any atom is 0.422 e. The topological polar surface area (TPSA) is 117 Å². The van der Waals surface area contributed by atoms with Crippen molar-refractivity contribution >= 4 is 11.9 Å². The molecule has 31 heavy (non-hydrogen) atoms. The molecule has 1 heterocycles. The highest BCUT2D eigenvalue weighted by atomic mass is 19.4. The number of aromatic nitrogens is 3. The van der Waals surface area contributed by atoms with Crippen LogP contribution in [0.1, 0.15) is 27.3 Å². The number of carboxylic acids is 1. The Kier molecular flexibility index (Phi) is 6.53. The van der Waals surface area contributed by atoms with E-state index >= 15 is 0 Å². The zero-order valence-electron chi connectivity index (χ0n) is 15.9. The number of aromatic carboxylic acids is 1. The highest BCUT2D eigenvalue weighted by molar-refractivity contribution is 5.87. The first-order valence-electron chi connectivity index (χ1n) is 8.96. The van der Waals surface area contributed by atoms with E-state index in [4.69, 9.17) is 5.11 Å². The van der Waals surface area contributed by atoms with Crippen LogP contribution in [0, 0.1) is 0 Å². The van der Waals surface area contributed by atoms with E-state index in [-0.39, 0.29) is 36.1 Å². The Labute approximate surface area is 174 Å². The van der Waals surface area contributed by atoms with Crippen LogP contribution >= 0.6 is 0 Å². The number of alkyl halides is 3. The van der Waals surface area contributed by atoms with Crippen LogP contribution in [0.2, 0.25) is 0 Å². The van der Waals surface area contributed by atoms with E-state index in [9.17, 15) is 23.1 Å². The van der Waals surface area contributed by atoms with Gasteiger partial charge in [0.15, 0.2) is 6.61 Å². The average Bonchev–Trinajstić information content (AvgIpc) is 2.72. The van der Waals surface area contributed by atoms with Gasteiger partial charge in [-0.15, -0.1) is 0 Å². The third-order valence-electron chi connectivity index (χ3n) is 3.98. The van der Waals surface area contributed by atoms with Crippen LogP contribution in [0.5, 0.6) is 11.8 Å². The van der Waals surface area contributed by atoms with Crippen LogP contribution in [0.4, 0.5) is 19.1 Å². The van der Waals surface area contributed by atoms with Gasteiger partial charge >= 0.3 is 18.2 Å². The van der Waals surface area contributed by atoms with E-state index < -0.39 is 24.8 Å². The second-order valence-electron chi connectivity index (χ2n) is 6.46. The maximum absolute atomic E-state index is 12.5. The van der Waals surface area contributed by atoms with Gasteiger partial charge in [0, 0.05) is 13.0 Å². The molecule has 0 aliphatic carbocycles. The van der Waals surface area contributed by atoms with E-state index in [0.29, 0.717) is 5.56 Å². The van der Waals surface area contributed by atoms with Gasteiger partial charge in [-0.2, -0.15) is 28.1 Å². The Balaban J connectivity index is 1.79. The number of nitrogens with zero attached hydrogens (tertiary/aromatic N) is 3. The largest absolute Gasteiger partial charge is 0.508 e. The fourth-order valence-corrected chi connectivity index (χ4v) is 2.51. The molecule has 3 aromatic rings. The van der Waals surface area contributed by atoms with Crippen LogP contribution in [0.3, 0.4) is 0 Å². The smallest absolute Gasteiger partial charge is 0.422 e. The fourth-order valence-electron chi connectivity index (χ4n) is 2.51. The van der Waals surface area contributed by atoms with Crippen molar-refractivity contribution in [3.05, 3.63) is 71.0 Å². The zero-order valence-corrected chi connectivity index (χ0v) is 15.9. The minimum Gasteiger partial charge on any atom is -0.508 e. The second-order valence-corrected chi connectivity index (χ2v) is 6.46. The molecule has 0 aliphatic heterocycles. The molecular weight excluding hydrogens is 417 g/mol. The monoisotopic (exact) mass is 434 g/mol. The molecule has 0 unspecified atom stereocenters. The van der Waals surface area contributed by atoms with Crippen LogP contribution < -0.4 is 10.1 Å². The number of carboxylic acid groups (broad SMARTS) is 1. The molecule has 8 nitrogen and oxygen atoms in total. The van der Waals surface area contributed by atoms with Crippen molar-refractivity contribution in [2.75, 3.05) is 11.9 Å². The van der Waals surface area contributed by atoms with E-state index in [1.54, 1.807) is 24.3 Å². The van der Waals surface area contributed by atoms with Crippen LogP contribution in [0.25, 0.3) is 0 Å². The van der Waals surface area contributed by atoms with Gasteiger partial charge in [-0.25, -0.2) is 4.79 Å². The van der Waals surface area contributed by atoms with Crippen LogP contribution in [-0.2, 0) is 13.0 Å². The predicted molar refractivity (Wildman–Crippen MR) is 103 cm³/mol. The molecule has 0 spiro atoms. The lowest BCUT2D eigenvalue weighted by molar-refractivity contribution is -0.154. The summed E-state index contributed by atoms with van der Waals surface area (Å²) in [4.78, 5) is 22.9. The van der Waals surface area contributed by atoms with Crippen LogP contribution in [0.15, 0.2) is 48.5 Å². The Morgan fingerprint density at radius 1 is 0.968 bits per heavy atom. The van der Waals surface area contributed by atoms with E-state index in [1.807, 2.05) is 0 Å². The second kappa shape index (κ2) is 9.28. The molecule has 3 rings (SSSR count). The molecular formula is C20H17F3N4O4. The molecule has 1 aromatic heterocycles. The average molecular weight is 434 g/mol. The number of halogens is 3. The van der Waals surface area contributed by atoms with Gasteiger partial charge in [0.05, 0.1) is 5.56 Å². The highest BCUT2D eigenvalue weighted by Gasteiger charge is 2.29. The summed E-state index contributed by atoms with van der Waals surface area (Å²) in [7, 11) is 0. The number of ether oxygens (including phenoxy) is 1. The number of nitrogens with one attached hydrogen (secondary N) is 1. The van der Waals surface area contributed by atoms with Gasteiger partial charge in [0.1, 0.15) is 11.6 Å². The highest BCUT2D eigenvalue weighted by Crippen LogP contribution is 2.18. The van der Waals surface area contributed by atoms with Crippen molar-refractivity contribution in [3.8, 4) is 11.8 Å². The molecule has 0 atom stereocenters. The molecule has 0 radical (unpaired) electrons. The Morgan fingerprint density at radius 2 is 1.61 bits per heavy atom. The summed E-state index contributed by atoms with van der Waals surface area (Å²) in [5.74, 6) is -0.820. The molecule has 11 heteroatoms. The number of carbonyl (C=O) groups is 1. The van der Waals surface area contributed by atoms with Gasteiger partial charge < -0.3 is 20.3 Å². The lowest BCUT2D eigenvalue weighted by Crippen LogP contribution is -2.21. The lowest BCUT2D eigenvalue weighted by atomic mass is 10.1. The van der Waals surface area contributed by atoms with E-state index in [1.165, 1.54) is 24.3 Å². The first kappa shape index (κ1) is 21.8. The molecule has 3 N–H and O–H groups in total. The number of anilines is 1. The quantitative estimate of drug-likeness (QED) is 0.494. The third-order valence-corrected chi connectivity index (χ3v) is 3.98. The number of hydrogen-bond donors (Lipinski definition) is 3. The number of hydrogen-bond acceptors (Lipinski definition) is 7. The summed E-state index contributed by atoms with van der Waals surface area (Å²) in [5, 5.41) is 21.2. The Morgan fingerprint density at radius 3 is 2.23 bits per heavy atom. The van der Waals surface area contributed by atoms with Crippen molar-refractivity contribution < 1.29 is 32.9 Å². The molecule has 0 saturated heterocycles. The third kappa shape index (κ3) is 6.84. The van der Waals surface area contributed by atoms with E-state index in [0.717, 1.165) is 5.56 Å². The number of rotatable bonds is 8. The first-order valence-corrected chi connectivity index (χ1v) is 8.96. The minimum absolute atomic E-state index is 0.0115. The number of aromatic hydroxyl groups is 1. The molecule has 0 saturated carbocycles. The number of phenols is 1. The van der Waals surface area contributed by atoms with Gasteiger partial charge in [0.25, 0.3) is 0 Å². The summed E-state index contributed by atoms with van der Waals surface area (Å²) in [5.41, 5.74) is 1.54. The molecule has 0 aliphatic rings. The fraction of sp³-hybridized carbons (Fsp3) is 0.200. The zero-order chi connectivity index (χ0) is 22.4. The summed E-state index contributed by atoms with van der Waals surface area (Å²) in [6.07, 6.45) is -4.43. The lowest BCUT2D eigenvalue weighted by Gasteiger charge is -2.11. The van der Waals surface area contributed by atoms with Crippen molar-refractivity contribution in [2.45, 2.75) is 19.1 Å². The van der Waals surface area contributed by atoms with Crippen molar-refractivity contribution in [2.24, 2.45) is 0 Å². The van der Waals surface area contributed by atoms with Crippen LogP contribution in [-0.4, -0.2) is 43.9 Å². The van der Waals surface area contributed by atoms with Gasteiger partial charge in [0.2, 0.25) is 5.95 Å². The summed E-state index contributed by atoms with van der Waals surface area (Å²) < 4.78 is 42.2. The standard InChI is InChI=1S/C20H17F3N4O4/c21-20(22,23)11-31-19-26-16(9-12-1-5-14(6-2-12)17(29)30)25-18(27-19)24-10-13-3-7-15(28)8-4-13/h1-8,28H,9-11H2,(H,29,30)(H,24,25,26,27). The van der Waals surface area contributed by atoms with Crippen molar-refractivity contribution in [1.82, 2.24) is 15.0 Å². The van der Waals surface area contributed by atoms with Gasteiger partial charge in [-0.1, -0.05) is 24.3 Å². The Bertz CT molecular complexity index is 1040. The summed E-state index contributed by atoms with van der Waals surface area (Å²) in [6, 6.07) is 11.8. The van der Waals surface area contributed by atoms with Crippen molar-refractivity contribution in [3.63, 3.8) is 0 Å². The Hall–Kier alpha value is -3.89. The SMILES string of the molecule is O=C(O)c1ccc(Cc2nc(NCc3ccc(O)cc3)nc(OCC(F)(F)F)n2)cc1. The maximum atomic E-state index is 12.5. The summed E-state index contributed by atoms with van der Waals surface area (Å²) >= 11 is 0. The predicted octanol–water partition coefficient (Wildman–Crippen LogP) is 3.42. The van der Waals surface area contributed by atoms with E-state index in [2.05, 4.69) is 25.0 Å².